The molecule has 140 valence electrons. The second kappa shape index (κ2) is 7.43. The maximum atomic E-state index is 12.0. The normalized spacial score (nSPS) is 13.7. The summed E-state index contributed by atoms with van der Waals surface area (Å²) in [5.74, 6) is 2.10. The number of ether oxygens (including phenoxy) is 1. The first kappa shape index (κ1) is 17.6. The topological polar surface area (TPSA) is 56.1 Å². The molecule has 5 heteroatoms. The second-order valence-electron chi connectivity index (χ2n) is 7.33. The van der Waals surface area contributed by atoms with Crippen LogP contribution in [-0.4, -0.2) is 22.1 Å². The predicted octanol–water partition coefficient (Wildman–Crippen LogP) is 3.76. The van der Waals surface area contributed by atoms with E-state index in [4.69, 9.17) is 9.72 Å². The maximum Gasteiger partial charge on any atom is 0.223 e. The number of aromatic nitrogens is 2. The van der Waals surface area contributed by atoms with Crippen molar-refractivity contribution in [2.75, 3.05) is 6.61 Å². The van der Waals surface area contributed by atoms with Crippen LogP contribution in [0.25, 0.3) is 11.0 Å². The molecule has 1 N–H and O–H groups in total. The van der Waals surface area contributed by atoms with Crippen LogP contribution in [0.4, 0.5) is 0 Å². The summed E-state index contributed by atoms with van der Waals surface area (Å²) in [6.45, 7) is 5.83. The molecule has 0 atom stereocenters. The third-order valence-electron chi connectivity index (χ3n) is 4.88. The molecule has 1 aliphatic rings. The van der Waals surface area contributed by atoms with Crippen molar-refractivity contribution in [3.05, 3.63) is 59.4 Å². The summed E-state index contributed by atoms with van der Waals surface area (Å²) in [7, 11) is 0. The summed E-state index contributed by atoms with van der Waals surface area (Å²) in [6.07, 6.45) is 2.01. The van der Waals surface area contributed by atoms with Gasteiger partial charge in [0.25, 0.3) is 0 Å². The molecule has 0 saturated heterocycles. The summed E-state index contributed by atoms with van der Waals surface area (Å²) >= 11 is 0. The number of para-hydroxylation sites is 2. The van der Waals surface area contributed by atoms with Gasteiger partial charge in [0, 0.05) is 5.92 Å². The Morgan fingerprint density at radius 2 is 1.93 bits per heavy atom. The van der Waals surface area contributed by atoms with Crippen molar-refractivity contribution in [2.45, 2.75) is 39.8 Å². The van der Waals surface area contributed by atoms with Gasteiger partial charge in [0.1, 0.15) is 18.2 Å². The molecule has 0 bridgehead atoms. The van der Waals surface area contributed by atoms with E-state index < -0.39 is 0 Å². The highest BCUT2D eigenvalue weighted by Gasteiger charge is 2.29. The number of nitrogens with one attached hydrogen (secondary N) is 1. The van der Waals surface area contributed by atoms with Crippen LogP contribution in [0.3, 0.4) is 0 Å². The maximum absolute atomic E-state index is 12.0. The zero-order valence-electron chi connectivity index (χ0n) is 15.9. The molecular formula is C22H25N3O2. The Morgan fingerprint density at radius 1 is 1.19 bits per heavy atom. The van der Waals surface area contributed by atoms with Crippen molar-refractivity contribution in [3.63, 3.8) is 0 Å². The molecule has 1 saturated carbocycles. The van der Waals surface area contributed by atoms with E-state index >= 15 is 0 Å². The van der Waals surface area contributed by atoms with Crippen molar-refractivity contribution >= 4 is 16.9 Å². The Labute approximate surface area is 159 Å². The largest absolute Gasteiger partial charge is 0.492 e. The number of fused-ring (bicyclic) bond motifs is 1. The van der Waals surface area contributed by atoms with Crippen molar-refractivity contribution in [1.29, 1.82) is 0 Å². The van der Waals surface area contributed by atoms with Gasteiger partial charge in [-0.3, -0.25) is 4.79 Å². The first-order valence-electron chi connectivity index (χ1n) is 9.53. The SMILES string of the molecule is Cc1cc(C)cc(OCCn2c(CNC(=O)C3CC3)nc3ccccc32)c1. The average molecular weight is 363 g/mol. The van der Waals surface area contributed by atoms with Gasteiger partial charge in [-0.1, -0.05) is 18.2 Å². The molecular weight excluding hydrogens is 338 g/mol. The number of rotatable bonds is 7. The second-order valence-corrected chi connectivity index (χ2v) is 7.33. The van der Waals surface area contributed by atoms with Crippen LogP contribution in [0.15, 0.2) is 42.5 Å². The van der Waals surface area contributed by atoms with E-state index in [1.165, 1.54) is 11.1 Å². The lowest BCUT2D eigenvalue weighted by Crippen LogP contribution is -2.26. The minimum absolute atomic E-state index is 0.139. The number of carbonyl (C=O) groups is 1. The average Bonchev–Trinajstić information content (AvgIpc) is 3.42. The fraction of sp³-hybridized carbons (Fsp3) is 0.364. The zero-order valence-corrected chi connectivity index (χ0v) is 15.9. The van der Waals surface area contributed by atoms with Crippen molar-refractivity contribution in [1.82, 2.24) is 14.9 Å². The molecule has 1 aliphatic carbocycles. The molecule has 4 rings (SSSR count). The van der Waals surface area contributed by atoms with Gasteiger partial charge in [0.15, 0.2) is 0 Å². The van der Waals surface area contributed by atoms with E-state index in [1.54, 1.807) is 0 Å². The van der Waals surface area contributed by atoms with Gasteiger partial charge in [0.05, 0.1) is 24.1 Å². The van der Waals surface area contributed by atoms with Crippen LogP contribution in [-0.2, 0) is 17.9 Å². The van der Waals surface area contributed by atoms with Crippen molar-refractivity contribution in [2.24, 2.45) is 5.92 Å². The first-order chi connectivity index (χ1) is 13.1. The quantitative estimate of drug-likeness (QED) is 0.695. The molecule has 3 aromatic rings. The fourth-order valence-electron chi connectivity index (χ4n) is 3.44. The Kier molecular flexibility index (Phi) is 4.84. The molecule has 0 radical (unpaired) electrons. The summed E-state index contributed by atoms with van der Waals surface area (Å²) in [4.78, 5) is 16.7. The van der Waals surface area contributed by atoms with E-state index in [-0.39, 0.29) is 11.8 Å². The lowest BCUT2D eigenvalue weighted by molar-refractivity contribution is -0.122. The molecule has 27 heavy (non-hydrogen) atoms. The van der Waals surface area contributed by atoms with Gasteiger partial charge in [-0.15, -0.1) is 0 Å². The Morgan fingerprint density at radius 3 is 2.67 bits per heavy atom. The monoisotopic (exact) mass is 363 g/mol. The Hall–Kier alpha value is -2.82. The number of carbonyl (C=O) groups excluding carboxylic acids is 1. The van der Waals surface area contributed by atoms with E-state index in [9.17, 15) is 4.79 Å². The molecule has 1 fully saturated rings. The summed E-state index contributed by atoms with van der Waals surface area (Å²) in [6, 6.07) is 14.3. The van der Waals surface area contributed by atoms with E-state index in [2.05, 4.69) is 48.0 Å². The molecule has 0 aliphatic heterocycles. The molecule has 5 nitrogen and oxygen atoms in total. The van der Waals surface area contributed by atoms with Gasteiger partial charge in [0.2, 0.25) is 5.91 Å². The van der Waals surface area contributed by atoms with Gasteiger partial charge < -0.3 is 14.6 Å². The smallest absolute Gasteiger partial charge is 0.223 e. The minimum Gasteiger partial charge on any atom is -0.492 e. The van der Waals surface area contributed by atoms with Crippen LogP contribution in [0, 0.1) is 19.8 Å². The van der Waals surface area contributed by atoms with Crippen LogP contribution in [0.5, 0.6) is 5.75 Å². The van der Waals surface area contributed by atoms with Crippen molar-refractivity contribution in [3.8, 4) is 5.75 Å². The van der Waals surface area contributed by atoms with Crippen LogP contribution < -0.4 is 10.1 Å². The van der Waals surface area contributed by atoms with Gasteiger partial charge in [-0.25, -0.2) is 4.98 Å². The molecule has 1 aromatic heterocycles. The third kappa shape index (κ3) is 4.13. The highest BCUT2D eigenvalue weighted by Crippen LogP contribution is 2.29. The fourth-order valence-corrected chi connectivity index (χ4v) is 3.44. The standard InChI is InChI=1S/C22H25N3O2/c1-15-11-16(2)13-18(12-15)27-10-9-25-20-6-4-3-5-19(20)24-21(25)14-23-22(26)17-7-8-17/h3-6,11-13,17H,7-10,14H2,1-2H3,(H,23,26). The number of aryl methyl sites for hydroxylation is 2. The van der Waals surface area contributed by atoms with Crippen LogP contribution >= 0.6 is 0 Å². The number of amides is 1. The predicted molar refractivity (Wildman–Crippen MR) is 106 cm³/mol. The molecule has 0 spiro atoms. The van der Waals surface area contributed by atoms with Crippen LogP contribution in [0.1, 0.15) is 29.8 Å². The Bertz CT molecular complexity index is 953. The zero-order chi connectivity index (χ0) is 18.8. The highest BCUT2D eigenvalue weighted by atomic mass is 16.5. The molecule has 0 unspecified atom stereocenters. The van der Waals surface area contributed by atoms with E-state index in [0.717, 1.165) is 35.4 Å². The van der Waals surface area contributed by atoms with Gasteiger partial charge in [-0.05, 0) is 62.1 Å². The highest BCUT2D eigenvalue weighted by molar-refractivity contribution is 5.81. The number of nitrogens with zero attached hydrogens (tertiary/aromatic N) is 2. The van der Waals surface area contributed by atoms with E-state index in [0.29, 0.717) is 19.7 Å². The first-order valence-corrected chi connectivity index (χ1v) is 9.53. The summed E-state index contributed by atoms with van der Waals surface area (Å²) in [5, 5.41) is 3.02. The molecule has 1 heterocycles. The van der Waals surface area contributed by atoms with Gasteiger partial charge >= 0.3 is 0 Å². The lowest BCUT2D eigenvalue weighted by atomic mass is 10.1. The number of hydrogen-bond acceptors (Lipinski definition) is 3. The van der Waals surface area contributed by atoms with Crippen molar-refractivity contribution < 1.29 is 9.53 Å². The third-order valence-corrected chi connectivity index (χ3v) is 4.88. The molecule has 2 aromatic carbocycles. The van der Waals surface area contributed by atoms with Crippen LogP contribution in [0.2, 0.25) is 0 Å². The van der Waals surface area contributed by atoms with E-state index in [1.807, 2.05) is 18.2 Å². The number of hydrogen-bond donors (Lipinski definition) is 1. The summed E-state index contributed by atoms with van der Waals surface area (Å²) in [5.41, 5.74) is 4.40. The summed E-state index contributed by atoms with van der Waals surface area (Å²) < 4.78 is 8.13. The number of benzene rings is 2. The minimum atomic E-state index is 0.139. The van der Waals surface area contributed by atoms with Gasteiger partial charge in [-0.2, -0.15) is 0 Å². The molecule has 1 amide bonds. The Balaban J connectivity index is 1.48. The lowest BCUT2D eigenvalue weighted by Gasteiger charge is -2.12. The number of imidazole rings is 1.